The normalized spacial score (nSPS) is 19.0. The minimum absolute atomic E-state index is 0.0382. The Balaban J connectivity index is 1.71. The molecule has 0 aliphatic carbocycles. The lowest BCUT2D eigenvalue weighted by atomic mass is 10.0. The number of thiophene rings is 1. The van der Waals surface area contributed by atoms with Crippen molar-refractivity contribution in [1.82, 2.24) is 9.88 Å². The van der Waals surface area contributed by atoms with E-state index >= 15 is 0 Å². The molecule has 1 saturated heterocycles. The summed E-state index contributed by atoms with van der Waals surface area (Å²) in [6.45, 7) is 0.830. The molecule has 2 aromatic rings. The number of carbonyl (C=O) groups excluding carboxylic acids is 1. The van der Waals surface area contributed by atoms with E-state index in [4.69, 9.17) is 5.11 Å². The lowest BCUT2D eigenvalue weighted by Gasteiger charge is -2.33. The zero-order valence-electron chi connectivity index (χ0n) is 12.1. The Morgan fingerprint density at radius 2 is 2.36 bits per heavy atom. The molecule has 4 nitrogen and oxygen atoms in total. The predicted octanol–water partition coefficient (Wildman–Crippen LogP) is 3.46. The molecule has 1 fully saturated rings. The van der Waals surface area contributed by atoms with Crippen LogP contribution in [0.25, 0.3) is 6.08 Å². The highest BCUT2D eigenvalue weighted by molar-refractivity contribution is 7.11. The summed E-state index contributed by atoms with van der Waals surface area (Å²) in [5.41, 5.74) is 0.885. The van der Waals surface area contributed by atoms with E-state index < -0.39 is 0 Å². The van der Waals surface area contributed by atoms with Gasteiger partial charge in [0.25, 0.3) is 0 Å². The third kappa shape index (κ3) is 3.45. The van der Waals surface area contributed by atoms with Gasteiger partial charge in [-0.2, -0.15) is 0 Å². The molecule has 6 heteroatoms. The number of thiazole rings is 1. The van der Waals surface area contributed by atoms with Crippen LogP contribution in [-0.2, 0) is 11.4 Å². The van der Waals surface area contributed by atoms with Crippen molar-refractivity contribution in [1.29, 1.82) is 0 Å². The molecule has 1 aliphatic rings. The Bertz CT molecular complexity index is 649. The van der Waals surface area contributed by atoms with Crippen molar-refractivity contribution in [3.8, 4) is 0 Å². The first kappa shape index (κ1) is 15.4. The fourth-order valence-corrected chi connectivity index (χ4v) is 4.25. The van der Waals surface area contributed by atoms with Crippen molar-refractivity contribution in [2.75, 3.05) is 6.54 Å². The number of hydrogen-bond acceptors (Lipinski definition) is 5. The summed E-state index contributed by atoms with van der Waals surface area (Å²) in [7, 11) is 0. The van der Waals surface area contributed by atoms with E-state index in [1.165, 1.54) is 11.3 Å². The van der Waals surface area contributed by atoms with Gasteiger partial charge in [-0.15, -0.1) is 22.7 Å². The first-order valence-electron chi connectivity index (χ1n) is 7.34. The highest BCUT2D eigenvalue weighted by Crippen LogP contribution is 2.32. The molecule has 3 rings (SSSR count). The van der Waals surface area contributed by atoms with Gasteiger partial charge >= 0.3 is 0 Å². The van der Waals surface area contributed by atoms with E-state index in [0.29, 0.717) is 0 Å². The lowest BCUT2D eigenvalue weighted by molar-refractivity contribution is -0.129. The summed E-state index contributed by atoms with van der Waals surface area (Å²) in [5, 5.41) is 14.0. The van der Waals surface area contributed by atoms with Gasteiger partial charge in [-0.3, -0.25) is 4.79 Å². The first-order valence-corrected chi connectivity index (χ1v) is 9.10. The van der Waals surface area contributed by atoms with Crippen LogP contribution in [0.1, 0.15) is 40.8 Å². The number of amides is 1. The number of aliphatic hydroxyl groups is 1. The van der Waals surface area contributed by atoms with Gasteiger partial charge in [0.2, 0.25) is 5.91 Å². The van der Waals surface area contributed by atoms with Crippen LogP contribution in [0.2, 0.25) is 0 Å². The first-order chi connectivity index (χ1) is 10.8. The van der Waals surface area contributed by atoms with Gasteiger partial charge in [0.1, 0.15) is 5.01 Å². The minimum Gasteiger partial charge on any atom is -0.392 e. The maximum Gasteiger partial charge on any atom is 0.247 e. The highest BCUT2D eigenvalue weighted by atomic mass is 32.1. The SMILES string of the molecule is O=C(/C=C/c1cc(CO)cs1)N1CCCCC1c1nccs1. The molecule has 0 aromatic carbocycles. The molecule has 1 N–H and O–H groups in total. The second kappa shape index (κ2) is 7.17. The number of carbonyl (C=O) groups is 1. The quantitative estimate of drug-likeness (QED) is 0.871. The standard InChI is InChI=1S/C16H18N2O2S2/c19-10-12-9-13(22-11-12)4-5-15(20)18-7-2-1-3-14(18)16-17-6-8-21-16/h4-6,8-9,11,14,19H,1-3,7,10H2/b5-4+. The summed E-state index contributed by atoms with van der Waals surface area (Å²) in [4.78, 5) is 19.8. The Morgan fingerprint density at radius 1 is 1.45 bits per heavy atom. The van der Waals surface area contributed by atoms with Crippen molar-refractivity contribution in [3.05, 3.63) is 44.5 Å². The van der Waals surface area contributed by atoms with Gasteiger partial charge in [0, 0.05) is 29.1 Å². The molecular weight excluding hydrogens is 316 g/mol. The predicted molar refractivity (Wildman–Crippen MR) is 89.7 cm³/mol. The van der Waals surface area contributed by atoms with Gasteiger partial charge in [0.15, 0.2) is 0 Å². The Morgan fingerprint density at radius 3 is 3.09 bits per heavy atom. The van der Waals surface area contributed by atoms with Crippen LogP contribution in [-0.4, -0.2) is 27.4 Å². The second-order valence-corrected chi connectivity index (χ2v) is 7.13. The third-order valence-corrected chi connectivity index (χ3v) is 5.59. The highest BCUT2D eigenvalue weighted by Gasteiger charge is 2.28. The molecule has 0 radical (unpaired) electrons. The molecule has 0 saturated carbocycles. The van der Waals surface area contributed by atoms with Crippen LogP contribution in [0.4, 0.5) is 0 Å². The average Bonchev–Trinajstić information content (AvgIpc) is 3.24. The second-order valence-electron chi connectivity index (χ2n) is 5.26. The van der Waals surface area contributed by atoms with Gasteiger partial charge < -0.3 is 10.0 Å². The van der Waals surface area contributed by atoms with Crippen LogP contribution in [0, 0.1) is 0 Å². The van der Waals surface area contributed by atoms with E-state index in [0.717, 1.165) is 41.3 Å². The molecule has 0 bridgehead atoms. The number of likely N-dealkylation sites (tertiary alicyclic amines) is 1. The van der Waals surface area contributed by atoms with Gasteiger partial charge in [0.05, 0.1) is 12.6 Å². The van der Waals surface area contributed by atoms with Crippen molar-refractivity contribution >= 4 is 34.7 Å². The van der Waals surface area contributed by atoms with E-state index in [1.807, 2.05) is 27.8 Å². The smallest absolute Gasteiger partial charge is 0.247 e. The number of piperidine rings is 1. The number of nitrogens with zero attached hydrogens (tertiary/aromatic N) is 2. The topological polar surface area (TPSA) is 53.4 Å². The van der Waals surface area contributed by atoms with E-state index in [2.05, 4.69) is 4.98 Å². The maximum atomic E-state index is 12.5. The molecule has 22 heavy (non-hydrogen) atoms. The van der Waals surface area contributed by atoms with Crippen LogP contribution in [0.3, 0.4) is 0 Å². The van der Waals surface area contributed by atoms with E-state index in [9.17, 15) is 4.79 Å². The Hall–Kier alpha value is -1.50. The summed E-state index contributed by atoms with van der Waals surface area (Å²) >= 11 is 3.15. The molecule has 116 valence electrons. The summed E-state index contributed by atoms with van der Waals surface area (Å²) in [6, 6.07) is 2.02. The molecule has 1 amide bonds. The Kier molecular flexibility index (Phi) is 5.02. The minimum atomic E-state index is 0.0382. The number of aliphatic hydroxyl groups excluding tert-OH is 1. The monoisotopic (exact) mass is 334 g/mol. The molecule has 2 aromatic heterocycles. The van der Waals surface area contributed by atoms with Crippen molar-refractivity contribution in [3.63, 3.8) is 0 Å². The molecule has 3 heterocycles. The molecule has 1 aliphatic heterocycles. The fourth-order valence-electron chi connectivity index (χ4n) is 2.67. The average molecular weight is 334 g/mol. The lowest BCUT2D eigenvalue weighted by Crippen LogP contribution is -2.37. The molecule has 0 spiro atoms. The zero-order chi connectivity index (χ0) is 15.4. The van der Waals surface area contributed by atoms with Gasteiger partial charge in [-0.25, -0.2) is 4.98 Å². The molecule has 1 atom stereocenters. The van der Waals surface area contributed by atoms with Crippen LogP contribution < -0.4 is 0 Å². The molecular formula is C16H18N2O2S2. The number of hydrogen-bond donors (Lipinski definition) is 1. The van der Waals surface area contributed by atoms with Crippen LogP contribution >= 0.6 is 22.7 Å². The summed E-state index contributed by atoms with van der Waals surface area (Å²) in [6.07, 6.45) is 8.45. The summed E-state index contributed by atoms with van der Waals surface area (Å²) in [5.74, 6) is 0.0406. The number of aromatic nitrogens is 1. The van der Waals surface area contributed by atoms with Gasteiger partial charge in [-0.05, 0) is 42.3 Å². The largest absolute Gasteiger partial charge is 0.392 e. The van der Waals surface area contributed by atoms with Crippen molar-refractivity contribution in [2.45, 2.75) is 31.9 Å². The van der Waals surface area contributed by atoms with E-state index in [1.54, 1.807) is 23.6 Å². The third-order valence-electron chi connectivity index (χ3n) is 3.77. The van der Waals surface area contributed by atoms with Crippen molar-refractivity contribution < 1.29 is 9.90 Å². The van der Waals surface area contributed by atoms with Crippen LogP contribution in [0.15, 0.2) is 29.1 Å². The van der Waals surface area contributed by atoms with E-state index in [-0.39, 0.29) is 18.6 Å². The Labute approximate surface area is 137 Å². The van der Waals surface area contributed by atoms with Crippen molar-refractivity contribution in [2.24, 2.45) is 0 Å². The maximum absolute atomic E-state index is 12.5. The molecule has 1 unspecified atom stereocenters. The zero-order valence-corrected chi connectivity index (χ0v) is 13.8. The number of rotatable bonds is 4. The van der Waals surface area contributed by atoms with Gasteiger partial charge in [-0.1, -0.05) is 0 Å². The fraction of sp³-hybridized carbons (Fsp3) is 0.375. The summed E-state index contributed by atoms with van der Waals surface area (Å²) < 4.78 is 0. The van der Waals surface area contributed by atoms with Crippen LogP contribution in [0.5, 0.6) is 0 Å².